The van der Waals surface area contributed by atoms with Gasteiger partial charge in [0.25, 0.3) is 5.91 Å². The Balaban J connectivity index is 1.33. The number of ether oxygens (including phenoxy) is 1. The van der Waals surface area contributed by atoms with Crippen LogP contribution in [0.25, 0.3) is 11.1 Å². The van der Waals surface area contributed by atoms with Crippen molar-refractivity contribution >= 4 is 29.3 Å². The molecule has 2 aromatic carbocycles. The molecule has 0 bridgehead atoms. The average Bonchev–Trinajstić information content (AvgIpc) is 3.59. The number of hydrogen-bond donors (Lipinski definition) is 2. The number of benzene rings is 2. The van der Waals surface area contributed by atoms with E-state index in [1.165, 1.54) is 16.2 Å². The van der Waals surface area contributed by atoms with E-state index >= 15 is 0 Å². The number of hydrogen-bond acceptors (Lipinski definition) is 5. The Hall–Kier alpha value is -3.65. The van der Waals surface area contributed by atoms with Crippen LogP contribution in [0, 0.1) is 0 Å². The number of nitrogens with one attached hydrogen (secondary N) is 1. The van der Waals surface area contributed by atoms with Gasteiger partial charge in [-0.15, -0.1) is 11.3 Å². The minimum absolute atomic E-state index is 0.0991. The molecule has 8 heteroatoms. The quantitative estimate of drug-likeness (QED) is 0.518. The van der Waals surface area contributed by atoms with E-state index in [1.54, 1.807) is 19.1 Å². The number of fused-ring (bicyclic) bond motifs is 3. The molecule has 5 rings (SSSR count). The predicted octanol–water partition coefficient (Wildman–Crippen LogP) is 4.79. The molecule has 0 saturated carbocycles. The molecule has 2 amide bonds. The highest BCUT2D eigenvalue weighted by molar-refractivity contribution is 7.10. The van der Waals surface area contributed by atoms with Gasteiger partial charge in [0.1, 0.15) is 18.2 Å². The number of aliphatic carboxylic acids is 1. The highest BCUT2D eigenvalue weighted by atomic mass is 32.1. The molecule has 2 N–H and O–H groups in total. The van der Waals surface area contributed by atoms with Gasteiger partial charge in [-0.25, -0.2) is 9.59 Å². The number of carboxylic acids is 1. The number of carbonyl (C=O) groups excluding carboxylic acids is 2. The van der Waals surface area contributed by atoms with E-state index in [0.29, 0.717) is 24.3 Å². The van der Waals surface area contributed by atoms with E-state index in [1.807, 2.05) is 41.8 Å². The minimum Gasteiger partial charge on any atom is -0.480 e. The van der Waals surface area contributed by atoms with Crippen molar-refractivity contribution in [3.8, 4) is 11.1 Å². The fourth-order valence-corrected chi connectivity index (χ4v) is 5.93. The van der Waals surface area contributed by atoms with Gasteiger partial charge >= 0.3 is 12.1 Å². The van der Waals surface area contributed by atoms with Gasteiger partial charge < -0.3 is 20.1 Å². The first-order valence-electron chi connectivity index (χ1n) is 11.6. The van der Waals surface area contributed by atoms with E-state index in [9.17, 15) is 19.5 Å². The lowest BCUT2D eigenvalue weighted by atomic mass is 9.98. The van der Waals surface area contributed by atoms with E-state index in [-0.39, 0.29) is 12.5 Å². The fourth-order valence-electron chi connectivity index (χ4n) is 5.16. The largest absolute Gasteiger partial charge is 0.480 e. The van der Waals surface area contributed by atoms with Crippen LogP contribution in [-0.4, -0.2) is 46.7 Å². The second-order valence-electron chi connectivity index (χ2n) is 9.09. The zero-order valence-electron chi connectivity index (χ0n) is 19.3. The van der Waals surface area contributed by atoms with Crippen LogP contribution in [0.3, 0.4) is 0 Å². The van der Waals surface area contributed by atoms with Crippen LogP contribution in [0.15, 0.2) is 66.0 Å². The second-order valence-corrected chi connectivity index (χ2v) is 10.1. The molecule has 1 fully saturated rings. The van der Waals surface area contributed by atoms with Crippen LogP contribution in [-0.2, 0) is 14.3 Å². The maximum absolute atomic E-state index is 13.5. The van der Waals surface area contributed by atoms with Crippen LogP contribution in [0.4, 0.5) is 4.79 Å². The zero-order valence-corrected chi connectivity index (χ0v) is 20.1. The molecule has 1 saturated heterocycles. The lowest BCUT2D eigenvalue weighted by molar-refractivity contribution is -0.156. The topological polar surface area (TPSA) is 95.9 Å². The highest BCUT2D eigenvalue weighted by Crippen LogP contribution is 2.44. The summed E-state index contributed by atoms with van der Waals surface area (Å²) < 4.78 is 5.65. The molecule has 2 heterocycles. The molecule has 1 aliphatic heterocycles. The lowest BCUT2D eigenvalue weighted by Gasteiger charge is -2.33. The molecule has 0 radical (unpaired) electrons. The first-order chi connectivity index (χ1) is 16.9. The smallest absolute Gasteiger partial charge is 0.408 e. The summed E-state index contributed by atoms with van der Waals surface area (Å²) in [6.45, 7) is 2.01. The SMILES string of the molecule is C[C@@]1(C(=O)O)CCCN1C(=O)C(NC(=O)OCC1c2ccccc2-c2ccccc21)c1cccs1. The van der Waals surface area contributed by atoms with Crippen LogP contribution < -0.4 is 5.32 Å². The van der Waals surface area contributed by atoms with Gasteiger partial charge in [-0.05, 0) is 53.5 Å². The van der Waals surface area contributed by atoms with Crippen molar-refractivity contribution in [2.45, 2.75) is 37.3 Å². The number of rotatable bonds is 6. The number of carbonyl (C=O) groups is 3. The number of carboxylic acid groups (broad SMARTS) is 1. The molecule has 1 aliphatic carbocycles. The molecule has 7 nitrogen and oxygen atoms in total. The summed E-state index contributed by atoms with van der Waals surface area (Å²) in [6.07, 6.45) is 0.252. The second kappa shape index (κ2) is 9.19. The van der Waals surface area contributed by atoms with Crippen molar-refractivity contribution in [3.63, 3.8) is 0 Å². The summed E-state index contributed by atoms with van der Waals surface area (Å²) in [4.78, 5) is 40.3. The van der Waals surface area contributed by atoms with Crippen molar-refractivity contribution in [1.29, 1.82) is 0 Å². The first-order valence-corrected chi connectivity index (χ1v) is 12.5. The first kappa shape index (κ1) is 23.1. The van der Waals surface area contributed by atoms with Crippen LogP contribution in [0.1, 0.15) is 47.7 Å². The van der Waals surface area contributed by atoms with Gasteiger partial charge in [-0.3, -0.25) is 4.79 Å². The van der Waals surface area contributed by atoms with Crippen LogP contribution in [0.5, 0.6) is 0 Å². The van der Waals surface area contributed by atoms with E-state index < -0.39 is 29.6 Å². The maximum Gasteiger partial charge on any atom is 0.408 e. The molecule has 35 heavy (non-hydrogen) atoms. The Bertz CT molecular complexity index is 1230. The fraction of sp³-hybridized carbons (Fsp3) is 0.296. The molecular formula is C27H26N2O5S. The predicted molar refractivity (Wildman–Crippen MR) is 132 cm³/mol. The van der Waals surface area contributed by atoms with E-state index in [4.69, 9.17) is 4.74 Å². The molecule has 0 spiro atoms. The van der Waals surface area contributed by atoms with E-state index in [0.717, 1.165) is 22.3 Å². The molecule has 3 aromatic rings. The van der Waals surface area contributed by atoms with Gasteiger partial charge in [0, 0.05) is 17.3 Å². The summed E-state index contributed by atoms with van der Waals surface area (Å²) in [5.41, 5.74) is 3.16. The van der Waals surface area contributed by atoms with Crippen molar-refractivity contribution < 1.29 is 24.2 Å². The van der Waals surface area contributed by atoms with Crippen LogP contribution >= 0.6 is 11.3 Å². The third-order valence-corrected chi connectivity index (χ3v) is 7.99. The standard InChI is InChI=1S/C27H26N2O5S/c1-27(25(31)32)13-7-14-29(27)24(30)23(22-12-6-15-35-22)28-26(33)34-16-21-19-10-4-2-8-17(19)18-9-3-5-11-20(18)21/h2-6,8-12,15,21,23H,7,13-14,16H2,1H3,(H,28,33)(H,31,32)/t23?,27-/m0/s1. The molecule has 1 unspecified atom stereocenters. The Morgan fingerprint density at radius 2 is 1.74 bits per heavy atom. The minimum atomic E-state index is -1.30. The molecule has 180 valence electrons. The monoisotopic (exact) mass is 490 g/mol. The summed E-state index contributed by atoms with van der Waals surface area (Å²) in [6, 6.07) is 18.7. The third-order valence-electron chi connectivity index (χ3n) is 7.05. The Kier molecular flexibility index (Phi) is 6.06. The van der Waals surface area contributed by atoms with Gasteiger partial charge in [0.15, 0.2) is 0 Å². The molecule has 2 atom stereocenters. The maximum atomic E-state index is 13.5. The number of likely N-dealkylation sites (tertiary alicyclic amines) is 1. The number of nitrogens with zero attached hydrogens (tertiary/aromatic N) is 1. The van der Waals surface area contributed by atoms with E-state index in [2.05, 4.69) is 17.4 Å². The zero-order chi connectivity index (χ0) is 24.6. The van der Waals surface area contributed by atoms with Gasteiger partial charge in [-0.1, -0.05) is 54.6 Å². The van der Waals surface area contributed by atoms with Gasteiger partial charge in [0.05, 0.1) is 0 Å². The Labute approximate surface area is 207 Å². The van der Waals surface area contributed by atoms with Crippen molar-refractivity contribution in [2.75, 3.05) is 13.2 Å². The number of amides is 2. The average molecular weight is 491 g/mol. The van der Waals surface area contributed by atoms with Crippen molar-refractivity contribution in [2.24, 2.45) is 0 Å². The Morgan fingerprint density at radius 3 is 2.34 bits per heavy atom. The van der Waals surface area contributed by atoms with Crippen LogP contribution in [0.2, 0.25) is 0 Å². The normalized spacial score (nSPS) is 19.6. The molecule has 1 aromatic heterocycles. The van der Waals surface area contributed by atoms with Gasteiger partial charge in [-0.2, -0.15) is 0 Å². The summed E-state index contributed by atoms with van der Waals surface area (Å²) in [5.74, 6) is -1.59. The summed E-state index contributed by atoms with van der Waals surface area (Å²) >= 11 is 1.33. The molecule has 2 aliphatic rings. The summed E-state index contributed by atoms with van der Waals surface area (Å²) in [5, 5.41) is 14.3. The summed E-state index contributed by atoms with van der Waals surface area (Å²) in [7, 11) is 0. The highest BCUT2D eigenvalue weighted by Gasteiger charge is 2.48. The van der Waals surface area contributed by atoms with Crippen molar-refractivity contribution in [1.82, 2.24) is 10.2 Å². The number of alkyl carbamates (subject to hydrolysis) is 1. The Morgan fingerprint density at radius 1 is 1.09 bits per heavy atom. The number of thiophene rings is 1. The molecular weight excluding hydrogens is 464 g/mol. The third kappa shape index (κ3) is 4.08. The lowest BCUT2D eigenvalue weighted by Crippen LogP contribution is -2.54. The van der Waals surface area contributed by atoms with Crippen molar-refractivity contribution in [3.05, 3.63) is 82.0 Å². The van der Waals surface area contributed by atoms with Gasteiger partial charge in [0.2, 0.25) is 0 Å².